The Bertz CT molecular complexity index is 908. The van der Waals surface area contributed by atoms with Gasteiger partial charge in [-0.1, -0.05) is 35.0 Å². The van der Waals surface area contributed by atoms with Crippen molar-refractivity contribution in [3.63, 3.8) is 0 Å². The lowest BCUT2D eigenvalue weighted by Gasteiger charge is -2.05. The van der Waals surface area contributed by atoms with Gasteiger partial charge in [-0.3, -0.25) is 4.79 Å². The summed E-state index contributed by atoms with van der Waals surface area (Å²) in [6, 6.07) is 4.90. The van der Waals surface area contributed by atoms with Gasteiger partial charge in [-0.25, -0.2) is 9.97 Å². The molecule has 0 spiro atoms. The zero-order valence-electron chi connectivity index (χ0n) is 12.4. The Balaban J connectivity index is 1.85. The Morgan fingerprint density at radius 3 is 2.78 bits per heavy atom. The molecule has 0 aliphatic carbocycles. The van der Waals surface area contributed by atoms with Gasteiger partial charge in [0.1, 0.15) is 16.2 Å². The molecule has 2 aromatic heterocycles. The van der Waals surface area contributed by atoms with E-state index in [1.807, 2.05) is 0 Å². The maximum atomic E-state index is 12.4. The van der Waals surface area contributed by atoms with E-state index < -0.39 is 0 Å². The molecule has 1 aromatic carbocycles. The summed E-state index contributed by atoms with van der Waals surface area (Å²) < 4.78 is 0. The highest BCUT2D eigenvalue weighted by atomic mass is 35.5. The second kappa shape index (κ2) is 6.77. The minimum absolute atomic E-state index is 0.0481. The van der Waals surface area contributed by atoms with Crippen LogP contribution in [0.15, 0.2) is 29.6 Å². The first-order valence-electron chi connectivity index (χ1n) is 6.79. The second-order valence-electron chi connectivity index (χ2n) is 4.98. The number of carbonyl (C=O) groups is 1. The summed E-state index contributed by atoms with van der Waals surface area (Å²) in [5.41, 5.74) is 1.65. The molecule has 3 rings (SSSR count). The van der Waals surface area contributed by atoms with E-state index in [1.165, 1.54) is 22.2 Å². The largest absolute Gasteiger partial charge is 0.293 e. The van der Waals surface area contributed by atoms with Gasteiger partial charge in [-0.2, -0.15) is 0 Å². The van der Waals surface area contributed by atoms with Gasteiger partial charge >= 0.3 is 0 Å². The predicted octanol–water partition coefficient (Wildman–Crippen LogP) is 5.59. The predicted molar refractivity (Wildman–Crippen MR) is 98.4 cm³/mol. The summed E-state index contributed by atoms with van der Waals surface area (Å²) in [5.74, 6) is 0.218. The Hall–Kier alpha value is -1.14. The molecule has 118 valence electrons. The van der Waals surface area contributed by atoms with Crippen LogP contribution in [0.3, 0.4) is 0 Å². The highest BCUT2D eigenvalue weighted by Gasteiger charge is 2.16. The van der Waals surface area contributed by atoms with Crippen molar-refractivity contribution in [2.75, 3.05) is 5.75 Å². The molecular formula is C16H12Cl2N2OS2. The van der Waals surface area contributed by atoms with Gasteiger partial charge in [-0.15, -0.1) is 11.3 Å². The molecule has 3 nitrogen and oxygen atoms in total. The van der Waals surface area contributed by atoms with Crippen LogP contribution >= 0.6 is 46.3 Å². The molecule has 0 aliphatic rings. The zero-order chi connectivity index (χ0) is 16.6. The molecule has 7 heteroatoms. The lowest BCUT2D eigenvalue weighted by atomic mass is 10.1. The average molecular weight is 383 g/mol. The van der Waals surface area contributed by atoms with Gasteiger partial charge in [0.05, 0.1) is 10.8 Å². The van der Waals surface area contributed by atoms with Gasteiger partial charge in [-0.05, 0) is 37.6 Å². The number of Topliss-reactive ketones (excluding diaryl/α,β-unsaturated/α-hetero) is 1. The molecule has 0 unspecified atom stereocenters. The van der Waals surface area contributed by atoms with E-state index in [4.69, 9.17) is 23.2 Å². The van der Waals surface area contributed by atoms with Crippen LogP contribution in [-0.2, 0) is 0 Å². The van der Waals surface area contributed by atoms with Crippen LogP contribution in [-0.4, -0.2) is 21.5 Å². The third kappa shape index (κ3) is 3.38. The normalized spacial score (nSPS) is 11.1. The molecule has 0 bridgehead atoms. The fraction of sp³-hybridized carbons (Fsp3) is 0.188. The van der Waals surface area contributed by atoms with Gasteiger partial charge < -0.3 is 0 Å². The highest BCUT2D eigenvalue weighted by Crippen LogP contribution is 2.34. The van der Waals surface area contributed by atoms with Crippen LogP contribution in [0.4, 0.5) is 0 Å². The van der Waals surface area contributed by atoms with Crippen LogP contribution in [0, 0.1) is 13.8 Å². The summed E-state index contributed by atoms with van der Waals surface area (Å²) in [5, 5.41) is 2.75. The molecule has 3 aromatic rings. The Kier molecular flexibility index (Phi) is 4.92. The molecule has 0 saturated heterocycles. The Labute approximate surface area is 152 Å². The molecule has 23 heavy (non-hydrogen) atoms. The number of rotatable bonds is 4. The van der Waals surface area contributed by atoms with E-state index in [9.17, 15) is 4.79 Å². The fourth-order valence-corrected chi connectivity index (χ4v) is 4.70. The van der Waals surface area contributed by atoms with E-state index in [0.717, 1.165) is 15.2 Å². The average Bonchev–Trinajstić information content (AvgIpc) is 2.80. The number of hydrogen-bond acceptors (Lipinski definition) is 5. The Morgan fingerprint density at radius 1 is 1.26 bits per heavy atom. The number of aromatic nitrogens is 2. The summed E-state index contributed by atoms with van der Waals surface area (Å²) in [4.78, 5) is 23.2. The van der Waals surface area contributed by atoms with Crippen LogP contribution in [0.2, 0.25) is 10.0 Å². The van der Waals surface area contributed by atoms with Crippen molar-refractivity contribution in [3.05, 3.63) is 50.6 Å². The number of carbonyl (C=O) groups excluding carboxylic acids is 1. The number of benzene rings is 1. The monoisotopic (exact) mass is 382 g/mol. The van der Waals surface area contributed by atoms with Gasteiger partial charge in [0.2, 0.25) is 0 Å². The van der Waals surface area contributed by atoms with Crippen molar-refractivity contribution in [2.45, 2.75) is 18.9 Å². The van der Waals surface area contributed by atoms with Crippen molar-refractivity contribution < 1.29 is 4.79 Å². The standard InChI is InChI=1S/C16H12Cl2N2OS2/c1-8-9(2)23-16-14(8)15(19-7-20-16)22-6-13(21)11-4-3-10(17)5-12(11)18/h3-5,7H,6H2,1-2H3. The van der Waals surface area contributed by atoms with E-state index in [1.54, 1.807) is 35.9 Å². The first kappa shape index (κ1) is 16.7. The summed E-state index contributed by atoms with van der Waals surface area (Å²) >= 11 is 15.0. The minimum atomic E-state index is -0.0481. The number of fused-ring (bicyclic) bond motifs is 1. The quantitative estimate of drug-likeness (QED) is 0.335. The number of aryl methyl sites for hydroxylation is 2. The number of ketones is 1. The molecule has 0 saturated carbocycles. The van der Waals surface area contributed by atoms with Gasteiger partial charge in [0.25, 0.3) is 0 Å². The fourth-order valence-electron chi connectivity index (χ4n) is 2.19. The molecule has 0 N–H and O–H groups in total. The summed E-state index contributed by atoms with van der Waals surface area (Å²) in [6.45, 7) is 4.12. The van der Waals surface area contributed by atoms with Crippen molar-refractivity contribution in [3.8, 4) is 0 Å². The molecule has 0 fully saturated rings. The van der Waals surface area contributed by atoms with Gasteiger partial charge in [0, 0.05) is 20.8 Å². The summed E-state index contributed by atoms with van der Waals surface area (Å²) in [7, 11) is 0. The Morgan fingerprint density at radius 2 is 2.04 bits per heavy atom. The van der Waals surface area contributed by atoms with E-state index in [2.05, 4.69) is 23.8 Å². The zero-order valence-corrected chi connectivity index (χ0v) is 15.5. The van der Waals surface area contributed by atoms with Gasteiger partial charge in [0.15, 0.2) is 5.78 Å². The topological polar surface area (TPSA) is 42.9 Å². The maximum Gasteiger partial charge on any atom is 0.174 e. The van der Waals surface area contributed by atoms with E-state index in [-0.39, 0.29) is 11.5 Å². The SMILES string of the molecule is Cc1sc2ncnc(SCC(=O)c3ccc(Cl)cc3Cl)c2c1C. The summed E-state index contributed by atoms with van der Waals surface area (Å²) in [6.07, 6.45) is 1.54. The minimum Gasteiger partial charge on any atom is -0.293 e. The molecule has 0 aliphatic heterocycles. The lowest BCUT2D eigenvalue weighted by molar-refractivity contribution is 0.102. The van der Waals surface area contributed by atoms with Crippen LogP contribution in [0.1, 0.15) is 20.8 Å². The molecule has 0 amide bonds. The van der Waals surface area contributed by atoms with E-state index in [0.29, 0.717) is 15.6 Å². The first-order chi connectivity index (χ1) is 11.0. The van der Waals surface area contributed by atoms with Crippen molar-refractivity contribution >= 4 is 62.3 Å². The third-order valence-electron chi connectivity index (χ3n) is 3.50. The van der Waals surface area contributed by atoms with Crippen molar-refractivity contribution in [1.29, 1.82) is 0 Å². The lowest BCUT2D eigenvalue weighted by Crippen LogP contribution is -2.03. The van der Waals surface area contributed by atoms with Crippen LogP contribution in [0.25, 0.3) is 10.2 Å². The number of nitrogens with zero attached hydrogens (tertiary/aromatic N) is 2. The van der Waals surface area contributed by atoms with E-state index >= 15 is 0 Å². The number of thiophene rings is 1. The second-order valence-corrected chi connectivity index (χ2v) is 7.99. The molecule has 0 radical (unpaired) electrons. The maximum absolute atomic E-state index is 12.4. The molecule has 0 atom stereocenters. The number of thioether (sulfide) groups is 1. The number of halogens is 2. The molecular weight excluding hydrogens is 371 g/mol. The molecule has 2 heterocycles. The smallest absolute Gasteiger partial charge is 0.174 e. The van der Waals surface area contributed by atoms with Crippen molar-refractivity contribution in [1.82, 2.24) is 9.97 Å². The first-order valence-corrected chi connectivity index (χ1v) is 9.35. The highest BCUT2D eigenvalue weighted by molar-refractivity contribution is 8.00. The van der Waals surface area contributed by atoms with Crippen LogP contribution < -0.4 is 0 Å². The third-order valence-corrected chi connectivity index (χ3v) is 6.15. The van der Waals surface area contributed by atoms with Crippen molar-refractivity contribution in [2.24, 2.45) is 0 Å². The van der Waals surface area contributed by atoms with Crippen LogP contribution in [0.5, 0.6) is 0 Å². The number of hydrogen-bond donors (Lipinski definition) is 0.